The Hall–Kier alpha value is -1.31. The molecule has 1 heterocycles. The van der Waals surface area contributed by atoms with Gasteiger partial charge in [-0.1, -0.05) is 19.9 Å². The normalized spacial score (nSPS) is 11.1. The van der Waals surface area contributed by atoms with Crippen LogP contribution >= 0.6 is 0 Å². The van der Waals surface area contributed by atoms with Gasteiger partial charge in [-0.05, 0) is 24.1 Å². The topological polar surface area (TPSA) is 17.8 Å². The van der Waals surface area contributed by atoms with Crippen molar-refractivity contribution in [3.05, 3.63) is 29.6 Å². The fourth-order valence-corrected chi connectivity index (χ4v) is 1.83. The van der Waals surface area contributed by atoms with Gasteiger partial charge < -0.3 is 4.57 Å². The molecule has 0 saturated carbocycles. The third-order valence-corrected chi connectivity index (χ3v) is 2.76. The molecular weight excluding hydrogens is 172 g/mol. The molecule has 0 unspecified atom stereocenters. The molecule has 0 aliphatic rings. The van der Waals surface area contributed by atoms with Gasteiger partial charge in [0.1, 0.15) is 5.82 Å². The van der Waals surface area contributed by atoms with Gasteiger partial charge in [0, 0.05) is 13.5 Å². The number of hydrogen-bond acceptors (Lipinski definition) is 1. The van der Waals surface area contributed by atoms with Crippen LogP contribution < -0.4 is 0 Å². The lowest BCUT2D eigenvalue weighted by molar-refractivity contribution is 0.829. The summed E-state index contributed by atoms with van der Waals surface area (Å²) < 4.78 is 2.18. The van der Waals surface area contributed by atoms with Crippen molar-refractivity contribution >= 4 is 11.0 Å². The number of fused-ring (bicyclic) bond motifs is 1. The smallest absolute Gasteiger partial charge is 0.109 e. The first-order valence-corrected chi connectivity index (χ1v) is 5.20. The maximum Gasteiger partial charge on any atom is 0.109 e. The summed E-state index contributed by atoms with van der Waals surface area (Å²) >= 11 is 0. The number of aryl methyl sites for hydroxylation is 3. The van der Waals surface area contributed by atoms with Gasteiger partial charge >= 0.3 is 0 Å². The van der Waals surface area contributed by atoms with Crippen molar-refractivity contribution < 1.29 is 0 Å². The Kier molecular flexibility index (Phi) is 2.28. The first kappa shape index (κ1) is 9.25. The average Bonchev–Trinajstić information content (AvgIpc) is 2.55. The van der Waals surface area contributed by atoms with Crippen LogP contribution in [0.15, 0.2) is 18.2 Å². The zero-order valence-corrected chi connectivity index (χ0v) is 9.04. The van der Waals surface area contributed by atoms with Crippen molar-refractivity contribution in [2.45, 2.75) is 26.7 Å². The van der Waals surface area contributed by atoms with E-state index in [0.717, 1.165) is 24.2 Å². The van der Waals surface area contributed by atoms with Crippen molar-refractivity contribution in [1.29, 1.82) is 0 Å². The number of aromatic nitrogens is 2. The number of benzene rings is 1. The minimum Gasteiger partial charge on any atom is -0.331 e. The lowest BCUT2D eigenvalue weighted by Crippen LogP contribution is -1.94. The molecule has 2 heteroatoms. The predicted octanol–water partition coefficient (Wildman–Crippen LogP) is 2.70. The lowest BCUT2D eigenvalue weighted by Gasteiger charge is -1.98. The molecule has 2 rings (SSSR count). The average molecular weight is 188 g/mol. The molecular formula is C12H16N2. The van der Waals surface area contributed by atoms with Crippen molar-refractivity contribution in [3.63, 3.8) is 0 Å². The van der Waals surface area contributed by atoms with E-state index < -0.39 is 0 Å². The van der Waals surface area contributed by atoms with Crippen molar-refractivity contribution in [2.75, 3.05) is 0 Å². The molecule has 2 aromatic rings. The molecule has 74 valence electrons. The van der Waals surface area contributed by atoms with Crippen molar-refractivity contribution in [2.24, 2.45) is 7.05 Å². The predicted molar refractivity (Wildman–Crippen MR) is 59.5 cm³/mol. The standard InChI is InChI=1S/C12H16N2/c1-4-9-6-7-11-10(8-9)13-12(5-2)14(11)3/h6-8H,4-5H2,1-3H3. The highest BCUT2D eigenvalue weighted by Crippen LogP contribution is 2.17. The van der Waals surface area contributed by atoms with E-state index in [9.17, 15) is 0 Å². The number of imidazole rings is 1. The molecule has 0 radical (unpaired) electrons. The Morgan fingerprint density at radius 3 is 2.64 bits per heavy atom. The number of rotatable bonds is 2. The third kappa shape index (κ3) is 1.31. The molecule has 0 saturated heterocycles. The van der Waals surface area contributed by atoms with Crippen LogP contribution in [0, 0.1) is 0 Å². The first-order valence-electron chi connectivity index (χ1n) is 5.20. The van der Waals surface area contributed by atoms with E-state index >= 15 is 0 Å². The molecule has 0 bridgehead atoms. The van der Waals surface area contributed by atoms with Gasteiger partial charge in [-0.2, -0.15) is 0 Å². The second kappa shape index (κ2) is 3.45. The van der Waals surface area contributed by atoms with E-state index in [4.69, 9.17) is 0 Å². The van der Waals surface area contributed by atoms with Gasteiger partial charge in [0.05, 0.1) is 11.0 Å². The van der Waals surface area contributed by atoms with Crippen LogP contribution in [0.1, 0.15) is 25.2 Å². The summed E-state index contributed by atoms with van der Waals surface area (Å²) in [5, 5.41) is 0. The van der Waals surface area contributed by atoms with Crippen LogP contribution in [0.2, 0.25) is 0 Å². The van der Waals surface area contributed by atoms with Gasteiger partial charge in [-0.25, -0.2) is 4.98 Å². The van der Waals surface area contributed by atoms with E-state index in [1.807, 2.05) is 0 Å². The Labute approximate surface area is 84.6 Å². The maximum atomic E-state index is 4.60. The van der Waals surface area contributed by atoms with Gasteiger partial charge in [-0.3, -0.25) is 0 Å². The second-order valence-electron chi connectivity index (χ2n) is 3.62. The SMILES string of the molecule is CCc1ccc2c(c1)nc(CC)n2C. The van der Waals surface area contributed by atoms with Crippen LogP contribution in [0.5, 0.6) is 0 Å². The monoisotopic (exact) mass is 188 g/mol. The highest BCUT2D eigenvalue weighted by molar-refractivity contribution is 5.76. The summed E-state index contributed by atoms with van der Waals surface area (Å²) in [5.74, 6) is 1.16. The Morgan fingerprint density at radius 1 is 1.21 bits per heavy atom. The molecule has 2 nitrogen and oxygen atoms in total. The fraction of sp³-hybridized carbons (Fsp3) is 0.417. The molecule has 0 atom stereocenters. The summed E-state index contributed by atoms with van der Waals surface area (Å²) in [6.07, 6.45) is 2.07. The van der Waals surface area contributed by atoms with Gasteiger partial charge in [0.2, 0.25) is 0 Å². The van der Waals surface area contributed by atoms with Crippen LogP contribution in [0.25, 0.3) is 11.0 Å². The number of hydrogen-bond donors (Lipinski definition) is 0. The van der Waals surface area contributed by atoms with Gasteiger partial charge in [0.15, 0.2) is 0 Å². The largest absolute Gasteiger partial charge is 0.331 e. The minimum atomic E-state index is 0.993. The lowest BCUT2D eigenvalue weighted by atomic mass is 10.1. The van der Waals surface area contributed by atoms with Crippen LogP contribution in [0.4, 0.5) is 0 Å². The summed E-state index contributed by atoms with van der Waals surface area (Å²) in [7, 11) is 2.08. The van der Waals surface area contributed by atoms with Gasteiger partial charge in [-0.15, -0.1) is 0 Å². The second-order valence-corrected chi connectivity index (χ2v) is 3.62. The zero-order valence-electron chi connectivity index (χ0n) is 9.04. The first-order chi connectivity index (χ1) is 6.76. The Morgan fingerprint density at radius 2 is 2.00 bits per heavy atom. The summed E-state index contributed by atoms with van der Waals surface area (Å²) in [6.45, 7) is 4.31. The summed E-state index contributed by atoms with van der Waals surface area (Å²) in [4.78, 5) is 4.60. The van der Waals surface area contributed by atoms with Gasteiger partial charge in [0.25, 0.3) is 0 Å². The zero-order chi connectivity index (χ0) is 10.1. The highest BCUT2D eigenvalue weighted by atomic mass is 15.1. The molecule has 14 heavy (non-hydrogen) atoms. The van der Waals surface area contributed by atoms with Crippen molar-refractivity contribution in [1.82, 2.24) is 9.55 Å². The maximum absolute atomic E-state index is 4.60. The molecule has 0 amide bonds. The molecule has 0 aliphatic heterocycles. The minimum absolute atomic E-state index is 0.993. The number of nitrogens with zero attached hydrogens (tertiary/aromatic N) is 2. The molecule has 1 aromatic heterocycles. The van der Waals surface area contributed by atoms with Crippen LogP contribution in [0.3, 0.4) is 0 Å². The quantitative estimate of drug-likeness (QED) is 0.708. The molecule has 0 aliphatic carbocycles. The molecule has 0 fully saturated rings. The molecule has 0 spiro atoms. The third-order valence-electron chi connectivity index (χ3n) is 2.76. The summed E-state index contributed by atoms with van der Waals surface area (Å²) in [6, 6.07) is 6.54. The van der Waals surface area contributed by atoms with Crippen LogP contribution in [-0.2, 0) is 19.9 Å². The van der Waals surface area contributed by atoms with E-state index in [1.54, 1.807) is 0 Å². The fourth-order valence-electron chi connectivity index (χ4n) is 1.83. The molecule has 1 aromatic carbocycles. The molecule has 0 N–H and O–H groups in total. The van der Waals surface area contributed by atoms with E-state index in [0.29, 0.717) is 0 Å². The Balaban J connectivity index is 2.66. The van der Waals surface area contributed by atoms with Crippen molar-refractivity contribution in [3.8, 4) is 0 Å². The summed E-state index contributed by atoms with van der Waals surface area (Å²) in [5.41, 5.74) is 3.72. The Bertz CT molecular complexity index is 455. The van der Waals surface area contributed by atoms with E-state index in [-0.39, 0.29) is 0 Å². The van der Waals surface area contributed by atoms with E-state index in [2.05, 4.69) is 48.6 Å². The van der Waals surface area contributed by atoms with Crippen LogP contribution in [-0.4, -0.2) is 9.55 Å². The van der Waals surface area contributed by atoms with E-state index in [1.165, 1.54) is 11.1 Å². The highest BCUT2D eigenvalue weighted by Gasteiger charge is 2.05.